The van der Waals surface area contributed by atoms with E-state index in [9.17, 15) is 9.59 Å². The summed E-state index contributed by atoms with van der Waals surface area (Å²) in [6.07, 6.45) is -0.414. The van der Waals surface area contributed by atoms with Crippen LogP contribution in [-0.2, 0) is 26.4 Å². The number of fused-ring (bicyclic) bond motifs is 1. The molecule has 2 bridgehead atoms. The van der Waals surface area contributed by atoms with Gasteiger partial charge in [0, 0.05) is 24.9 Å². The van der Waals surface area contributed by atoms with Gasteiger partial charge in [-0.25, -0.2) is 14.6 Å². The number of hydrogen-bond donors (Lipinski definition) is 0. The van der Waals surface area contributed by atoms with Crippen molar-refractivity contribution in [2.75, 3.05) is 13.1 Å². The Labute approximate surface area is 179 Å². The first-order chi connectivity index (χ1) is 14.4. The van der Waals surface area contributed by atoms with Gasteiger partial charge in [-0.2, -0.15) is 0 Å². The van der Waals surface area contributed by atoms with Gasteiger partial charge in [0.05, 0.1) is 0 Å². The zero-order chi connectivity index (χ0) is 20.9. The average molecular weight is 425 g/mol. The fourth-order valence-corrected chi connectivity index (χ4v) is 5.23. The number of carbonyl (C=O) groups is 2. The smallest absolute Gasteiger partial charge is 0.410 e. The number of ether oxygens (including phenoxy) is 2. The highest BCUT2D eigenvalue weighted by atomic mass is 35.5. The van der Waals surface area contributed by atoms with Gasteiger partial charge in [0.15, 0.2) is 11.1 Å². The number of amides is 1. The van der Waals surface area contributed by atoms with Gasteiger partial charge in [0.25, 0.3) is 0 Å². The molecular formula is C23H21ClN2O4. The van der Waals surface area contributed by atoms with E-state index >= 15 is 0 Å². The van der Waals surface area contributed by atoms with E-state index in [1.54, 1.807) is 11.8 Å². The molecule has 2 aromatic rings. The van der Waals surface area contributed by atoms with Crippen molar-refractivity contribution in [2.45, 2.75) is 24.7 Å². The largest absolute Gasteiger partial charge is 0.449 e. The maximum absolute atomic E-state index is 13.1. The van der Waals surface area contributed by atoms with Gasteiger partial charge in [-0.1, -0.05) is 72.3 Å². The van der Waals surface area contributed by atoms with Crippen LogP contribution in [0.25, 0.3) is 0 Å². The number of hydrogen-bond acceptors (Lipinski definition) is 5. The summed E-state index contributed by atoms with van der Waals surface area (Å²) in [5.74, 6) is -0.816. The van der Waals surface area contributed by atoms with E-state index in [2.05, 4.69) is 4.99 Å². The van der Waals surface area contributed by atoms with Crippen LogP contribution in [0.15, 0.2) is 65.7 Å². The Morgan fingerprint density at radius 3 is 2.47 bits per heavy atom. The van der Waals surface area contributed by atoms with Gasteiger partial charge in [-0.3, -0.25) is 0 Å². The molecule has 4 atom stereocenters. The van der Waals surface area contributed by atoms with Crippen molar-refractivity contribution in [2.24, 2.45) is 16.8 Å². The van der Waals surface area contributed by atoms with Crippen molar-refractivity contribution in [3.05, 3.63) is 71.8 Å². The molecule has 4 aliphatic heterocycles. The zero-order valence-corrected chi connectivity index (χ0v) is 17.2. The van der Waals surface area contributed by atoms with Gasteiger partial charge >= 0.3 is 12.1 Å². The summed E-state index contributed by atoms with van der Waals surface area (Å²) in [4.78, 5) is 32.3. The number of likely N-dealkylation sites (tertiary alicyclic amines) is 1. The van der Waals surface area contributed by atoms with E-state index in [0.717, 1.165) is 11.1 Å². The van der Waals surface area contributed by atoms with E-state index < -0.39 is 23.2 Å². The molecule has 0 N–H and O–H groups in total. The maximum atomic E-state index is 13.1. The van der Waals surface area contributed by atoms with Crippen molar-refractivity contribution in [1.82, 2.24) is 4.90 Å². The predicted molar refractivity (Wildman–Crippen MR) is 111 cm³/mol. The molecule has 0 spiro atoms. The molecule has 4 heterocycles. The quantitative estimate of drug-likeness (QED) is 0.704. The second-order valence-corrected chi connectivity index (χ2v) is 8.55. The third-order valence-electron chi connectivity index (χ3n) is 6.54. The fraction of sp³-hybridized carbons (Fsp3) is 0.348. The molecule has 0 aromatic heterocycles. The highest BCUT2D eigenvalue weighted by Crippen LogP contribution is 2.56. The summed E-state index contributed by atoms with van der Waals surface area (Å²) >= 11 is 6.53. The third kappa shape index (κ3) is 2.67. The minimum atomic E-state index is -1.24. The highest BCUT2D eigenvalue weighted by molar-refractivity contribution is 6.68. The molecule has 6 nitrogen and oxygen atoms in total. The first-order valence-electron chi connectivity index (χ1n) is 9.95. The van der Waals surface area contributed by atoms with Gasteiger partial charge in [-0.15, -0.1) is 0 Å². The normalized spacial score (nSPS) is 31.7. The second kappa shape index (κ2) is 6.84. The van der Waals surface area contributed by atoms with E-state index in [1.165, 1.54) is 0 Å². The lowest BCUT2D eigenvalue weighted by atomic mass is 9.64. The molecule has 2 aromatic carbocycles. The van der Waals surface area contributed by atoms with Crippen molar-refractivity contribution in [3.8, 4) is 0 Å². The Morgan fingerprint density at radius 2 is 1.77 bits per heavy atom. The van der Waals surface area contributed by atoms with Crippen molar-refractivity contribution in [3.63, 3.8) is 0 Å². The van der Waals surface area contributed by atoms with Crippen molar-refractivity contribution >= 4 is 28.8 Å². The van der Waals surface area contributed by atoms with E-state index in [0.29, 0.717) is 13.1 Å². The summed E-state index contributed by atoms with van der Waals surface area (Å²) in [5.41, 5.74) is -0.631. The van der Waals surface area contributed by atoms with Crippen LogP contribution in [0.4, 0.5) is 4.79 Å². The Balaban J connectivity index is 1.45. The van der Waals surface area contributed by atoms with Gasteiger partial charge in [-0.05, 0) is 18.1 Å². The molecule has 0 aliphatic carbocycles. The monoisotopic (exact) mass is 424 g/mol. The lowest BCUT2D eigenvalue weighted by Crippen LogP contribution is -2.66. The van der Waals surface area contributed by atoms with Crippen molar-refractivity contribution in [1.29, 1.82) is 0 Å². The van der Waals surface area contributed by atoms with Crippen LogP contribution in [0.5, 0.6) is 0 Å². The van der Waals surface area contributed by atoms with Gasteiger partial charge in [0.1, 0.15) is 11.8 Å². The molecule has 0 saturated carbocycles. The maximum Gasteiger partial charge on any atom is 0.410 e. The standard InChI is InChI=1S/C23H21ClN2O4/c1-22-17-12-26(21(28)29-14-15-8-4-2-5-9-15)13-18(17)23(20(27)30-22,25-19(22)24)16-10-6-3-7-11-16/h2-11,17-18H,12-14H2,1H3/t17-,18+,22+,23+/m0/s1. The van der Waals surface area contributed by atoms with Crippen molar-refractivity contribution < 1.29 is 19.1 Å². The second-order valence-electron chi connectivity index (χ2n) is 8.19. The Morgan fingerprint density at radius 1 is 1.13 bits per heavy atom. The Bertz CT molecular complexity index is 1030. The number of carbonyl (C=O) groups excluding carboxylic acids is 2. The number of nitrogens with zero attached hydrogens (tertiary/aromatic N) is 2. The molecule has 0 unspecified atom stereocenters. The lowest BCUT2D eigenvalue weighted by Gasteiger charge is -2.53. The van der Waals surface area contributed by atoms with E-state index in [4.69, 9.17) is 21.1 Å². The SMILES string of the molecule is C[C@]12OC(=O)[C@](c3ccccc3)(N=C1Cl)[C@@H]1CN(C(=O)OCc3ccccc3)C[C@@H]12. The Hall–Kier alpha value is -2.86. The molecule has 2 saturated heterocycles. The molecule has 7 heteroatoms. The van der Waals surface area contributed by atoms with Crippen LogP contribution in [0.2, 0.25) is 0 Å². The van der Waals surface area contributed by atoms with Crippen LogP contribution >= 0.6 is 11.6 Å². The third-order valence-corrected chi connectivity index (χ3v) is 7.00. The first kappa shape index (κ1) is 19.1. The molecule has 2 fully saturated rings. The van der Waals surface area contributed by atoms with Crippen LogP contribution < -0.4 is 0 Å². The topological polar surface area (TPSA) is 68.2 Å². The summed E-state index contributed by atoms with van der Waals surface area (Å²) in [6.45, 7) is 2.72. The lowest BCUT2D eigenvalue weighted by molar-refractivity contribution is -0.183. The molecule has 154 valence electrons. The minimum absolute atomic E-state index is 0.162. The molecule has 6 rings (SSSR count). The van der Waals surface area contributed by atoms with Crippen LogP contribution in [0.3, 0.4) is 0 Å². The number of esters is 1. The van der Waals surface area contributed by atoms with Gasteiger partial charge < -0.3 is 14.4 Å². The van der Waals surface area contributed by atoms with Crippen LogP contribution in [-0.4, -0.2) is 40.8 Å². The van der Waals surface area contributed by atoms with Gasteiger partial charge in [0.2, 0.25) is 0 Å². The average Bonchev–Trinajstić information content (AvgIpc) is 3.23. The van der Waals surface area contributed by atoms with E-state index in [-0.39, 0.29) is 23.6 Å². The summed E-state index contributed by atoms with van der Waals surface area (Å²) in [5, 5.41) is 0.270. The first-order valence-corrected chi connectivity index (χ1v) is 10.3. The highest BCUT2D eigenvalue weighted by Gasteiger charge is 2.70. The molecule has 0 radical (unpaired) electrons. The van der Waals surface area contributed by atoms with Crippen LogP contribution in [0.1, 0.15) is 18.1 Å². The fourth-order valence-electron chi connectivity index (χ4n) is 4.92. The molecule has 4 aliphatic rings. The van der Waals surface area contributed by atoms with Crippen LogP contribution in [0, 0.1) is 11.8 Å². The summed E-state index contributed by atoms with van der Waals surface area (Å²) in [6, 6.07) is 18.8. The number of benzene rings is 2. The Kier molecular flexibility index (Phi) is 4.36. The summed E-state index contributed by atoms with van der Waals surface area (Å²) in [7, 11) is 0. The predicted octanol–water partition coefficient (Wildman–Crippen LogP) is 3.73. The molecule has 30 heavy (non-hydrogen) atoms. The minimum Gasteiger partial charge on any atom is -0.449 e. The number of halogens is 1. The molecule has 1 amide bonds. The zero-order valence-electron chi connectivity index (χ0n) is 16.5. The summed E-state index contributed by atoms with van der Waals surface area (Å²) < 4.78 is 11.4. The molecular weight excluding hydrogens is 404 g/mol. The number of rotatable bonds is 3. The van der Waals surface area contributed by atoms with E-state index in [1.807, 2.05) is 60.7 Å². The number of aliphatic imine (C=N–C) groups is 1.